The molecule has 0 saturated heterocycles. The van der Waals surface area contributed by atoms with Gasteiger partial charge in [0, 0.05) is 6.20 Å². The van der Waals surface area contributed by atoms with Crippen molar-refractivity contribution in [3.63, 3.8) is 0 Å². The zero-order valence-electron chi connectivity index (χ0n) is 9.92. The van der Waals surface area contributed by atoms with Gasteiger partial charge in [-0.25, -0.2) is 14.3 Å². The highest BCUT2D eigenvalue weighted by atomic mass is 35.5. The van der Waals surface area contributed by atoms with Crippen molar-refractivity contribution < 1.29 is 19.4 Å². The largest absolute Gasteiger partial charge is 0.479 e. The average Bonchev–Trinajstić information content (AvgIpc) is 2.89. The molecule has 2 rings (SSSR count). The first kappa shape index (κ1) is 14.4. The Morgan fingerprint density at radius 1 is 1.30 bits per heavy atom. The Hall–Kier alpha value is -2.05. The molecule has 8 heteroatoms. The van der Waals surface area contributed by atoms with Crippen molar-refractivity contribution in [3.05, 3.63) is 46.2 Å². The van der Waals surface area contributed by atoms with Gasteiger partial charge in [-0.1, -0.05) is 23.2 Å². The minimum atomic E-state index is -1.23. The van der Waals surface area contributed by atoms with Gasteiger partial charge in [-0.15, -0.1) is 0 Å². The van der Waals surface area contributed by atoms with Gasteiger partial charge >= 0.3 is 11.9 Å². The van der Waals surface area contributed by atoms with Gasteiger partial charge < -0.3 is 9.84 Å². The Balaban J connectivity index is 2.17. The first-order valence-corrected chi connectivity index (χ1v) is 6.12. The minimum absolute atomic E-state index is 0.136. The molecule has 0 unspecified atom stereocenters. The molecule has 0 aliphatic heterocycles. The van der Waals surface area contributed by atoms with Crippen LogP contribution in [0.2, 0.25) is 10.0 Å². The number of esters is 1. The van der Waals surface area contributed by atoms with E-state index in [2.05, 4.69) is 9.84 Å². The van der Waals surface area contributed by atoms with Crippen molar-refractivity contribution in [1.82, 2.24) is 9.78 Å². The highest BCUT2D eigenvalue weighted by molar-refractivity contribution is 6.42. The van der Waals surface area contributed by atoms with E-state index in [0.717, 1.165) is 0 Å². The van der Waals surface area contributed by atoms with Crippen LogP contribution < -0.4 is 0 Å². The van der Waals surface area contributed by atoms with E-state index in [1.54, 1.807) is 18.2 Å². The first-order valence-electron chi connectivity index (χ1n) is 5.36. The number of carboxylic acids is 1. The van der Waals surface area contributed by atoms with E-state index in [0.29, 0.717) is 15.7 Å². The average molecular weight is 315 g/mol. The number of halogens is 2. The zero-order chi connectivity index (χ0) is 14.7. The highest BCUT2D eigenvalue weighted by Gasteiger charge is 2.12. The number of aromatic nitrogens is 2. The lowest BCUT2D eigenvalue weighted by atomic mass is 10.3. The number of carbonyl (C=O) groups excluding carboxylic acids is 1. The summed E-state index contributed by atoms with van der Waals surface area (Å²) < 4.78 is 5.94. The molecule has 0 atom stereocenters. The van der Waals surface area contributed by atoms with Crippen LogP contribution in [0.15, 0.2) is 30.6 Å². The number of benzene rings is 1. The summed E-state index contributed by atoms with van der Waals surface area (Å²) in [7, 11) is 0. The van der Waals surface area contributed by atoms with Crippen LogP contribution in [0.5, 0.6) is 0 Å². The molecule has 0 saturated carbocycles. The van der Waals surface area contributed by atoms with Gasteiger partial charge in [0.05, 0.1) is 27.5 Å². The molecule has 0 bridgehead atoms. The lowest BCUT2D eigenvalue weighted by Crippen LogP contribution is -2.12. The summed E-state index contributed by atoms with van der Waals surface area (Å²) in [6, 6.07) is 4.86. The van der Waals surface area contributed by atoms with Gasteiger partial charge in [0.1, 0.15) is 0 Å². The molecule has 1 aromatic heterocycles. The van der Waals surface area contributed by atoms with E-state index >= 15 is 0 Å². The third-order valence-corrected chi connectivity index (χ3v) is 3.05. The number of ether oxygens (including phenoxy) is 1. The third-order valence-electron chi connectivity index (χ3n) is 2.31. The van der Waals surface area contributed by atoms with Crippen LogP contribution >= 0.6 is 23.2 Å². The summed E-state index contributed by atoms with van der Waals surface area (Å²) in [6.07, 6.45) is 2.68. The molecule has 2 aromatic rings. The molecular formula is C12H8Cl2N2O4. The fourth-order valence-electron chi connectivity index (χ4n) is 1.41. The van der Waals surface area contributed by atoms with Crippen molar-refractivity contribution in [2.24, 2.45) is 0 Å². The molecule has 0 fully saturated rings. The second-order valence-corrected chi connectivity index (χ2v) is 4.56. The van der Waals surface area contributed by atoms with Gasteiger partial charge in [-0.3, -0.25) is 0 Å². The monoisotopic (exact) mass is 314 g/mol. The van der Waals surface area contributed by atoms with E-state index < -0.39 is 18.5 Å². The molecule has 1 aromatic carbocycles. The van der Waals surface area contributed by atoms with Crippen molar-refractivity contribution in [3.8, 4) is 5.69 Å². The maximum Gasteiger partial charge on any atom is 0.341 e. The molecule has 0 spiro atoms. The molecule has 0 aliphatic rings. The van der Waals surface area contributed by atoms with Crippen LogP contribution in [-0.4, -0.2) is 33.4 Å². The smallest absolute Gasteiger partial charge is 0.341 e. The second kappa shape index (κ2) is 5.94. The number of hydrogen-bond donors (Lipinski definition) is 1. The normalized spacial score (nSPS) is 10.3. The Morgan fingerprint density at radius 2 is 2.05 bits per heavy atom. The lowest BCUT2D eigenvalue weighted by molar-refractivity contribution is -0.140. The van der Waals surface area contributed by atoms with Gasteiger partial charge in [-0.2, -0.15) is 5.10 Å². The van der Waals surface area contributed by atoms with Crippen LogP contribution in [0.25, 0.3) is 5.69 Å². The Kier molecular flexibility index (Phi) is 4.26. The Morgan fingerprint density at radius 3 is 2.70 bits per heavy atom. The van der Waals surface area contributed by atoms with Gasteiger partial charge in [-0.05, 0) is 18.2 Å². The van der Waals surface area contributed by atoms with E-state index in [9.17, 15) is 9.59 Å². The van der Waals surface area contributed by atoms with Gasteiger partial charge in [0.25, 0.3) is 0 Å². The van der Waals surface area contributed by atoms with E-state index in [1.807, 2.05) is 0 Å². The summed E-state index contributed by atoms with van der Waals surface area (Å²) in [5.74, 6) is -1.99. The number of aliphatic carboxylic acids is 1. The molecule has 104 valence electrons. The van der Waals surface area contributed by atoms with Crippen molar-refractivity contribution in [2.45, 2.75) is 0 Å². The molecule has 0 aliphatic carbocycles. The minimum Gasteiger partial charge on any atom is -0.479 e. The molecular weight excluding hydrogens is 307 g/mol. The van der Waals surface area contributed by atoms with Crippen molar-refractivity contribution in [1.29, 1.82) is 0 Å². The number of carboxylic acid groups (broad SMARTS) is 1. The van der Waals surface area contributed by atoms with Crippen LogP contribution in [0.1, 0.15) is 10.4 Å². The fraction of sp³-hybridized carbons (Fsp3) is 0.0833. The number of nitrogens with zero attached hydrogens (tertiary/aromatic N) is 2. The molecule has 1 heterocycles. The van der Waals surface area contributed by atoms with Gasteiger partial charge in [0.15, 0.2) is 6.61 Å². The second-order valence-electron chi connectivity index (χ2n) is 3.74. The molecule has 1 N–H and O–H groups in total. The van der Waals surface area contributed by atoms with Crippen LogP contribution in [0.4, 0.5) is 0 Å². The SMILES string of the molecule is O=C(O)COC(=O)c1cnn(-c2ccc(Cl)c(Cl)c2)c1. The van der Waals surface area contributed by atoms with Crippen LogP contribution in [-0.2, 0) is 9.53 Å². The predicted molar refractivity (Wildman–Crippen MR) is 71.5 cm³/mol. The summed E-state index contributed by atoms with van der Waals surface area (Å²) in [4.78, 5) is 21.8. The molecule has 0 amide bonds. The fourth-order valence-corrected chi connectivity index (χ4v) is 1.70. The number of hydrogen-bond acceptors (Lipinski definition) is 4. The number of rotatable bonds is 4. The zero-order valence-corrected chi connectivity index (χ0v) is 11.4. The summed E-state index contributed by atoms with van der Waals surface area (Å²) >= 11 is 11.7. The van der Waals surface area contributed by atoms with Gasteiger partial charge in [0.2, 0.25) is 0 Å². The Labute approximate surface area is 123 Å². The number of carbonyl (C=O) groups is 2. The summed E-state index contributed by atoms with van der Waals surface area (Å²) in [5, 5.41) is 13.2. The Bertz CT molecular complexity index is 669. The summed E-state index contributed by atoms with van der Waals surface area (Å²) in [6.45, 7) is -0.698. The van der Waals surface area contributed by atoms with Crippen LogP contribution in [0, 0.1) is 0 Å². The van der Waals surface area contributed by atoms with Crippen molar-refractivity contribution in [2.75, 3.05) is 6.61 Å². The molecule has 20 heavy (non-hydrogen) atoms. The third kappa shape index (κ3) is 3.28. The topological polar surface area (TPSA) is 81.4 Å². The van der Waals surface area contributed by atoms with E-state index in [-0.39, 0.29) is 5.56 Å². The predicted octanol–water partition coefficient (Wildman–Crippen LogP) is 2.42. The van der Waals surface area contributed by atoms with E-state index in [1.165, 1.54) is 17.1 Å². The summed E-state index contributed by atoms with van der Waals surface area (Å²) in [5.41, 5.74) is 0.744. The highest BCUT2D eigenvalue weighted by Crippen LogP contribution is 2.24. The molecule has 0 radical (unpaired) electrons. The maximum absolute atomic E-state index is 11.5. The van der Waals surface area contributed by atoms with E-state index in [4.69, 9.17) is 28.3 Å². The standard InChI is InChI=1S/C12H8Cl2N2O4/c13-9-2-1-8(3-10(9)14)16-5-7(4-15-16)12(19)20-6-11(17)18/h1-5H,6H2,(H,17,18). The maximum atomic E-state index is 11.5. The van der Waals surface area contributed by atoms with Crippen LogP contribution in [0.3, 0.4) is 0 Å². The molecule has 6 nitrogen and oxygen atoms in total. The quantitative estimate of drug-likeness (QED) is 0.876. The first-order chi connectivity index (χ1) is 9.47. The van der Waals surface area contributed by atoms with Crippen molar-refractivity contribution >= 4 is 35.1 Å². The lowest BCUT2D eigenvalue weighted by Gasteiger charge is -2.02.